The topological polar surface area (TPSA) is 68.3 Å². The number of pyridine rings is 1. The van der Waals surface area contributed by atoms with E-state index in [1.807, 2.05) is 0 Å². The molecule has 0 saturated heterocycles. The molecule has 1 heterocycles. The van der Waals surface area contributed by atoms with Gasteiger partial charge in [0.25, 0.3) is 10.0 Å². The number of ether oxygens (including phenoxy) is 1. The Labute approximate surface area is 122 Å². The largest absolute Gasteiger partial charge is 0.495 e. The third-order valence-corrected chi connectivity index (χ3v) is 4.17. The number of methoxy groups -OCH3 is 1. The van der Waals surface area contributed by atoms with Crippen molar-refractivity contribution in [2.45, 2.75) is 11.8 Å². The molecule has 0 bridgehead atoms. The van der Waals surface area contributed by atoms with Gasteiger partial charge in [-0.1, -0.05) is 17.7 Å². The smallest absolute Gasteiger partial charge is 0.266 e. The Morgan fingerprint density at radius 1 is 1.25 bits per heavy atom. The van der Waals surface area contributed by atoms with Gasteiger partial charge in [0.05, 0.1) is 12.1 Å². The lowest BCUT2D eigenvalue weighted by Gasteiger charge is -2.11. The summed E-state index contributed by atoms with van der Waals surface area (Å²) in [7, 11) is -2.35. The zero-order valence-electron chi connectivity index (χ0n) is 10.9. The highest BCUT2D eigenvalue weighted by Crippen LogP contribution is 2.26. The summed E-state index contributed by atoms with van der Waals surface area (Å²) in [6.07, 6.45) is 1.37. The molecule has 106 valence electrons. The van der Waals surface area contributed by atoms with E-state index in [1.165, 1.54) is 25.4 Å². The monoisotopic (exact) mass is 312 g/mol. The molecular weight excluding hydrogens is 300 g/mol. The zero-order valence-corrected chi connectivity index (χ0v) is 12.5. The average molecular weight is 313 g/mol. The fourth-order valence-corrected chi connectivity index (χ4v) is 3.00. The highest BCUT2D eigenvalue weighted by Gasteiger charge is 2.20. The molecule has 0 fully saturated rings. The number of hydrogen-bond acceptors (Lipinski definition) is 4. The van der Waals surface area contributed by atoms with Crippen LogP contribution in [0.25, 0.3) is 0 Å². The van der Waals surface area contributed by atoms with Crippen LogP contribution in [0.15, 0.2) is 41.4 Å². The van der Waals surface area contributed by atoms with Crippen LogP contribution in [0.4, 0.5) is 5.82 Å². The number of aromatic nitrogens is 1. The maximum atomic E-state index is 12.4. The summed E-state index contributed by atoms with van der Waals surface area (Å²) in [6, 6.07) is 7.97. The number of aryl methyl sites for hydroxylation is 1. The van der Waals surface area contributed by atoms with Crippen LogP contribution in [0, 0.1) is 6.92 Å². The SMILES string of the molecule is COc1ccc(C)cc1S(=O)(=O)Nc1ccc(Cl)cn1. The molecule has 1 aromatic carbocycles. The molecule has 1 N–H and O–H groups in total. The van der Waals surface area contributed by atoms with Crippen molar-refractivity contribution >= 4 is 27.4 Å². The second kappa shape index (κ2) is 5.68. The first-order valence-corrected chi connectivity index (χ1v) is 7.57. The Hall–Kier alpha value is -1.79. The van der Waals surface area contributed by atoms with Crippen LogP contribution in [0.2, 0.25) is 5.02 Å². The summed E-state index contributed by atoms with van der Waals surface area (Å²) in [5, 5.41) is 0.432. The maximum absolute atomic E-state index is 12.4. The van der Waals surface area contributed by atoms with Gasteiger partial charge in [0, 0.05) is 6.20 Å². The summed E-state index contributed by atoms with van der Waals surface area (Å²) in [5.41, 5.74) is 0.815. The molecule has 0 aliphatic rings. The van der Waals surface area contributed by atoms with Crippen LogP contribution in [-0.4, -0.2) is 20.5 Å². The predicted octanol–water partition coefficient (Wildman–Crippen LogP) is 2.85. The van der Waals surface area contributed by atoms with Gasteiger partial charge in [-0.3, -0.25) is 4.72 Å². The van der Waals surface area contributed by atoms with Gasteiger partial charge < -0.3 is 4.74 Å². The molecule has 2 aromatic rings. The third-order valence-electron chi connectivity index (χ3n) is 2.57. The van der Waals surface area contributed by atoms with Crippen LogP contribution < -0.4 is 9.46 Å². The van der Waals surface area contributed by atoms with Gasteiger partial charge in [-0.05, 0) is 36.8 Å². The minimum atomic E-state index is -3.77. The van der Waals surface area contributed by atoms with E-state index >= 15 is 0 Å². The molecule has 0 amide bonds. The number of benzene rings is 1. The van der Waals surface area contributed by atoms with Crippen molar-refractivity contribution in [1.29, 1.82) is 0 Å². The van der Waals surface area contributed by atoms with Crippen LogP contribution in [0.5, 0.6) is 5.75 Å². The van der Waals surface area contributed by atoms with E-state index in [0.717, 1.165) is 5.56 Å². The standard InChI is InChI=1S/C13H13ClN2O3S/c1-9-3-5-11(19-2)12(7-9)20(17,18)16-13-6-4-10(14)8-15-13/h3-8H,1-2H3,(H,15,16). The number of nitrogens with zero attached hydrogens (tertiary/aromatic N) is 1. The summed E-state index contributed by atoms with van der Waals surface area (Å²) in [4.78, 5) is 3.97. The van der Waals surface area contributed by atoms with Gasteiger partial charge in [0.2, 0.25) is 0 Å². The summed E-state index contributed by atoms with van der Waals surface area (Å²) >= 11 is 5.71. The fraction of sp³-hybridized carbons (Fsp3) is 0.154. The van der Waals surface area contributed by atoms with Crippen molar-refractivity contribution in [3.05, 3.63) is 47.1 Å². The molecular formula is C13H13ClN2O3S. The molecule has 0 aliphatic heterocycles. The number of sulfonamides is 1. The lowest BCUT2D eigenvalue weighted by molar-refractivity contribution is 0.402. The Kier molecular flexibility index (Phi) is 4.15. The van der Waals surface area contributed by atoms with Crippen LogP contribution >= 0.6 is 11.6 Å². The van der Waals surface area contributed by atoms with Crippen molar-refractivity contribution in [3.63, 3.8) is 0 Å². The predicted molar refractivity (Wildman–Crippen MR) is 77.8 cm³/mol. The Morgan fingerprint density at radius 3 is 2.60 bits per heavy atom. The number of hydrogen-bond donors (Lipinski definition) is 1. The van der Waals surface area contributed by atoms with E-state index < -0.39 is 10.0 Å². The first kappa shape index (κ1) is 14.6. The number of nitrogens with one attached hydrogen (secondary N) is 1. The van der Waals surface area contributed by atoms with Crippen molar-refractivity contribution in [2.24, 2.45) is 0 Å². The molecule has 20 heavy (non-hydrogen) atoms. The van der Waals surface area contributed by atoms with Gasteiger partial charge in [-0.2, -0.15) is 0 Å². The number of rotatable bonds is 4. The first-order valence-electron chi connectivity index (χ1n) is 5.71. The molecule has 0 radical (unpaired) electrons. The number of halogens is 1. The molecule has 5 nitrogen and oxygen atoms in total. The van der Waals surface area contributed by atoms with E-state index in [9.17, 15) is 8.42 Å². The van der Waals surface area contributed by atoms with Crippen molar-refractivity contribution < 1.29 is 13.2 Å². The lowest BCUT2D eigenvalue weighted by Crippen LogP contribution is -2.15. The van der Waals surface area contributed by atoms with Crippen LogP contribution in [0.3, 0.4) is 0 Å². The zero-order chi connectivity index (χ0) is 14.8. The lowest BCUT2D eigenvalue weighted by atomic mass is 10.2. The highest BCUT2D eigenvalue weighted by atomic mass is 35.5. The molecule has 0 aliphatic carbocycles. The summed E-state index contributed by atoms with van der Waals surface area (Å²) in [6.45, 7) is 1.80. The molecule has 0 spiro atoms. The average Bonchev–Trinajstić information content (AvgIpc) is 2.41. The quantitative estimate of drug-likeness (QED) is 0.942. The van der Waals surface area contributed by atoms with E-state index in [2.05, 4.69) is 9.71 Å². The molecule has 0 saturated carbocycles. The van der Waals surface area contributed by atoms with Crippen molar-refractivity contribution in [2.75, 3.05) is 11.8 Å². The van der Waals surface area contributed by atoms with Gasteiger partial charge >= 0.3 is 0 Å². The van der Waals surface area contributed by atoms with E-state index in [-0.39, 0.29) is 16.5 Å². The molecule has 2 rings (SSSR count). The fourth-order valence-electron chi connectivity index (χ4n) is 1.62. The van der Waals surface area contributed by atoms with Crippen molar-refractivity contribution in [1.82, 2.24) is 4.98 Å². The maximum Gasteiger partial charge on any atom is 0.266 e. The van der Waals surface area contributed by atoms with Crippen LogP contribution in [-0.2, 0) is 10.0 Å². The van der Waals surface area contributed by atoms with Crippen LogP contribution in [0.1, 0.15) is 5.56 Å². The van der Waals surface area contributed by atoms with E-state index in [1.54, 1.807) is 25.1 Å². The molecule has 7 heteroatoms. The third kappa shape index (κ3) is 3.20. The Morgan fingerprint density at radius 2 is 2.00 bits per heavy atom. The minimum Gasteiger partial charge on any atom is -0.495 e. The Balaban J connectivity index is 2.40. The van der Waals surface area contributed by atoms with E-state index in [4.69, 9.17) is 16.3 Å². The van der Waals surface area contributed by atoms with Gasteiger partial charge in [0.15, 0.2) is 0 Å². The van der Waals surface area contributed by atoms with Gasteiger partial charge in [0.1, 0.15) is 16.5 Å². The second-order valence-corrected chi connectivity index (χ2v) is 6.21. The molecule has 0 unspecified atom stereocenters. The number of anilines is 1. The van der Waals surface area contributed by atoms with E-state index in [0.29, 0.717) is 5.02 Å². The normalized spacial score (nSPS) is 11.2. The summed E-state index contributed by atoms with van der Waals surface area (Å²) in [5.74, 6) is 0.468. The molecule has 0 atom stereocenters. The summed E-state index contributed by atoms with van der Waals surface area (Å²) < 4.78 is 32.2. The Bertz CT molecular complexity index is 715. The second-order valence-electron chi connectivity index (χ2n) is 4.12. The first-order chi connectivity index (χ1) is 9.42. The van der Waals surface area contributed by atoms with Gasteiger partial charge in [-0.15, -0.1) is 0 Å². The van der Waals surface area contributed by atoms with Crippen molar-refractivity contribution in [3.8, 4) is 5.75 Å². The molecule has 1 aromatic heterocycles. The van der Waals surface area contributed by atoms with Gasteiger partial charge in [-0.25, -0.2) is 13.4 Å². The highest BCUT2D eigenvalue weighted by molar-refractivity contribution is 7.92. The minimum absolute atomic E-state index is 0.0664.